The van der Waals surface area contributed by atoms with E-state index in [9.17, 15) is 4.79 Å². The molecule has 0 saturated carbocycles. The summed E-state index contributed by atoms with van der Waals surface area (Å²) in [5.74, 6) is -0.324. The second-order valence-electron chi connectivity index (χ2n) is 6.18. The molecule has 2 heterocycles. The minimum absolute atomic E-state index is 0.324. The third-order valence-electron chi connectivity index (χ3n) is 4.63. The molecule has 0 radical (unpaired) electrons. The van der Waals surface area contributed by atoms with E-state index in [2.05, 4.69) is 39.5 Å². The minimum Gasteiger partial charge on any atom is -0.465 e. The highest BCUT2D eigenvalue weighted by Gasteiger charge is 2.17. The first-order chi connectivity index (χ1) is 12.8. The van der Waals surface area contributed by atoms with Gasteiger partial charge in [0.1, 0.15) is 0 Å². The molecule has 2 N–H and O–H groups in total. The Hall–Kier alpha value is -2.44. The van der Waals surface area contributed by atoms with Gasteiger partial charge in [-0.2, -0.15) is 0 Å². The molecule has 0 spiro atoms. The molecule has 0 aliphatic carbocycles. The SMILES string of the molecule is COC(=O)c1cccc2c(Sc3ccccc3N3CCNCC3)c[nH]c12. The highest BCUT2D eigenvalue weighted by atomic mass is 32.2. The average molecular weight is 367 g/mol. The van der Waals surface area contributed by atoms with Crippen molar-refractivity contribution in [2.45, 2.75) is 9.79 Å². The van der Waals surface area contributed by atoms with Gasteiger partial charge in [-0.25, -0.2) is 4.79 Å². The summed E-state index contributed by atoms with van der Waals surface area (Å²) < 4.78 is 4.89. The number of esters is 1. The summed E-state index contributed by atoms with van der Waals surface area (Å²) in [7, 11) is 1.41. The van der Waals surface area contributed by atoms with Crippen molar-refractivity contribution in [3.63, 3.8) is 0 Å². The van der Waals surface area contributed by atoms with E-state index in [1.165, 1.54) is 17.7 Å². The fraction of sp³-hybridized carbons (Fsp3) is 0.250. The Labute approximate surface area is 156 Å². The Balaban J connectivity index is 1.69. The second kappa shape index (κ2) is 7.43. The number of ether oxygens (including phenoxy) is 1. The Bertz CT molecular complexity index is 932. The van der Waals surface area contributed by atoms with Crippen LogP contribution < -0.4 is 10.2 Å². The summed E-state index contributed by atoms with van der Waals surface area (Å²) in [6.07, 6.45) is 1.97. The molecule has 1 saturated heterocycles. The van der Waals surface area contributed by atoms with Crippen LogP contribution in [0.15, 0.2) is 58.5 Å². The largest absolute Gasteiger partial charge is 0.465 e. The number of para-hydroxylation sites is 2. The number of aromatic nitrogens is 1. The number of fused-ring (bicyclic) bond motifs is 1. The second-order valence-corrected chi connectivity index (χ2v) is 7.26. The van der Waals surface area contributed by atoms with Gasteiger partial charge < -0.3 is 19.9 Å². The number of methoxy groups -OCH3 is 1. The van der Waals surface area contributed by atoms with E-state index in [4.69, 9.17) is 4.74 Å². The molecule has 1 aliphatic heterocycles. The first-order valence-electron chi connectivity index (χ1n) is 8.69. The number of nitrogens with zero attached hydrogens (tertiary/aromatic N) is 1. The van der Waals surface area contributed by atoms with Crippen LogP contribution >= 0.6 is 11.8 Å². The van der Waals surface area contributed by atoms with Crippen LogP contribution in [-0.2, 0) is 4.74 Å². The lowest BCUT2D eigenvalue weighted by molar-refractivity contribution is 0.0603. The lowest BCUT2D eigenvalue weighted by Gasteiger charge is -2.30. The van der Waals surface area contributed by atoms with E-state index >= 15 is 0 Å². The Morgan fingerprint density at radius 2 is 1.88 bits per heavy atom. The molecule has 26 heavy (non-hydrogen) atoms. The molecule has 0 unspecified atom stereocenters. The number of piperazine rings is 1. The summed E-state index contributed by atoms with van der Waals surface area (Å²) in [4.78, 5) is 20.0. The van der Waals surface area contributed by atoms with E-state index < -0.39 is 0 Å². The Morgan fingerprint density at radius 3 is 2.69 bits per heavy atom. The maximum absolute atomic E-state index is 12.0. The number of hydrogen-bond acceptors (Lipinski definition) is 5. The Morgan fingerprint density at radius 1 is 1.08 bits per heavy atom. The summed E-state index contributed by atoms with van der Waals surface area (Å²) in [5, 5.41) is 4.43. The molecule has 1 fully saturated rings. The molecule has 3 aromatic rings. The van der Waals surface area contributed by atoms with Gasteiger partial charge in [-0.1, -0.05) is 36.0 Å². The summed E-state index contributed by atoms with van der Waals surface area (Å²) in [5.41, 5.74) is 2.64. The fourth-order valence-corrected chi connectivity index (χ4v) is 4.41. The van der Waals surface area contributed by atoms with Gasteiger partial charge in [-0.3, -0.25) is 0 Å². The molecule has 0 atom stereocenters. The summed E-state index contributed by atoms with van der Waals surface area (Å²) in [6, 6.07) is 14.2. The zero-order chi connectivity index (χ0) is 17.9. The van der Waals surface area contributed by atoms with Gasteiger partial charge in [0, 0.05) is 47.6 Å². The van der Waals surface area contributed by atoms with E-state index in [0.717, 1.165) is 42.0 Å². The van der Waals surface area contributed by atoms with Gasteiger partial charge in [0.2, 0.25) is 0 Å². The third kappa shape index (κ3) is 3.18. The van der Waals surface area contributed by atoms with Gasteiger partial charge >= 0.3 is 5.97 Å². The molecule has 6 heteroatoms. The van der Waals surface area contributed by atoms with Gasteiger partial charge in [-0.05, 0) is 18.2 Å². The normalized spacial score (nSPS) is 14.6. The number of hydrogen-bond donors (Lipinski definition) is 2. The van der Waals surface area contributed by atoms with Gasteiger partial charge in [0.15, 0.2) is 0 Å². The van der Waals surface area contributed by atoms with Gasteiger partial charge in [0.25, 0.3) is 0 Å². The van der Waals surface area contributed by atoms with Crippen molar-refractivity contribution < 1.29 is 9.53 Å². The zero-order valence-electron chi connectivity index (χ0n) is 14.6. The molecule has 0 amide bonds. The number of carbonyl (C=O) groups is 1. The standard InChI is InChI=1S/C20H21N3O2S/c1-25-20(24)15-6-4-5-14-18(13-22-19(14)15)26-17-8-3-2-7-16(17)23-11-9-21-10-12-23/h2-8,13,21-22H,9-12H2,1H3. The van der Waals surface area contributed by atoms with Crippen molar-refractivity contribution in [1.29, 1.82) is 0 Å². The molecule has 134 valence electrons. The average Bonchev–Trinajstić information content (AvgIpc) is 3.11. The molecule has 1 aliphatic rings. The van der Waals surface area contributed by atoms with Crippen LogP contribution in [0.4, 0.5) is 5.69 Å². The maximum atomic E-state index is 12.0. The number of nitrogens with one attached hydrogen (secondary N) is 2. The highest BCUT2D eigenvalue weighted by Crippen LogP contribution is 2.39. The van der Waals surface area contributed by atoms with Gasteiger partial charge in [0.05, 0.1) is 23.9 Å². The van der Waals surface area contributed by atoms with Crippen molar-refractivity contribution in [3.05, 3.63) is 54.2 Å². The van der Waals surface area contributed by atoms with E-state index in [-0.39, 0.29) is 5.97 Å². The first-order valence-corrected chi connectivity index (χ1v) is 9.50. The number of anilines is 1. The summed E-state index contributed by atoms with van der Waals surface area (Å²) >= 11 is 1.73. The Kier molecular flexibility index (Phi) is 4.86. The fourth-order valence-electron chi connectivity index (χ4n) is 3.32. The van der Waals surface area contributed by atoms with E-state index in [0.29, 0.717) is 5.56 Å². The first kappa shape index (κ1) is 17.0. The van der Waals surface area contributed by atoms with Crippen molar-refractivity contribution >= 4 is 34.3 Å². The molecule has 5 nitrogen and oxygen atoms in total. The highest BCUT2D eigenvalue weighted by molar-refractivity contribution is 7.99. The monoisotopic (exact) mass is 367 g/mol. The van der Waals surface area contributed by atoms with E-state index in [1.54, 1.807) is 17.8 Å². The van der Waals surface area contributed by atoms with Crippen LogP contribution in [0.2, 0.25) is 0 Å². The quantitative estimate of drug-likeness (QED) is 0.691. The molecule has 1 aromatic heterocycles. The number of rotatable bonds is 4. The smallest absolute Gasteiger partial charge is 0.339 e. The van der Waals surface area contributed by atoms with Crippen molar-refractivity contribution in [2.75, 3.05) is 38.2 Å². The van der Waals surface area contributed by atoms with Crippen LogP contribution in [0.1, 0.15) is 10.4 Å². The number of benzene rings is 2. The molecule has 4 rings (SSSR count). The van der Waals surface area contributed by atoms with Crippen molar-refractivity contribution in [3.8, 4) is 0 Å². The van der Waals surface area contributed by atoms with Crippen LogP contribution in [-0.4, -0.2) is 44.2 Å². The van der Waals surface area contributed by atoms with Crippen LogP contribution in [0.3, 0.4) is 0 Å². The molecular weight excluding hydrogens is 346 g/mol. The minimum atomic E-state index is -0.324. The lowest BCUT2D eigenvalue weighted by Crippen LogP contribution is -2.43. The zero-order valence-corrected chi connectivity index (χ0v) is 15.4. The molecular formula is C20H21N3O2S. The number of carbonyl (C=O) groups excluding carboxylic acids is 1. The summed E-state index contributed by atoms with van der Waals surface area (Å²) in [6.45, 7) is 4.04. The maximum Gasteiger partial charge on any atom is 0.339 e. The molecule has 2 aromatic carbocycles. The van der Waals surface area contributed by atoms with Crippen LogP contribution in [0, 0.1) is 0 Å². The number of aromatic amines is 1. The number of H-pyrrole nitrogens is 1. The van der Waals surface area contributed by atoms with Crippen molar-refractivity contribution in [1.82, 2.24) is 10.3 Å². The predicted molar refractivity (Wildman–Crippen MR) is 105 cm³/mol. The van der Waals surface area contributed by atoms with Crippen LogP contribution in [0.25, 0.3) is 10.9 Å². The van der Waals surface area contributed by atoms with E-state index in [1.807, 2.05) is 18.3 Å². The van der Waals surface area contributed by atoms with Gasteiger partial charge in [-0.15, -0.1) is 0 Å². The third-order valence-corrected chi connectivity index (χ3v) is 5.75. The molecule has 0 bridgehead atoms. The predicted octanol–water partition coefficient (Wildman–Crippen LogP) is 3.52. The van der Waals surface area contributed by atoms with Crippen LogP contribution in [0.5, 0.6) is 0 Å². The van der Waals surface area contributed by atoms with Crippen molar-refractivity contribution in [2.24, 2.45) is 0 Å². The topological polar surface area (TPSA) is 57.4 Å². The lowest BCUT2D eigenvalue weighted by atomic mass is 10.1.